The number of benzene rings is 1. The van der Waals surface area contributed by atoms with Crippen LogP contribution < -0.4 is 4.90 Å². The number of halogens is 1. The van der Waals surface area contributed by atoms with Gasteiger partial charge in [-0.05, 0) is 40.9 Å². The maximum Gasteiger partial charge on any atom is 0.0511 e. The van der Waals surface area contributed by atoms with Gasteiger partial charge in [0.1, 0.15) is 0 Å². The molecule has 0 aromatic heterocycles. The summed E-state index contributed by atoms with van der Waals surface area (Å²) in [6, 6.07) is 8.61. The summed E-state index contributed by atoms with van der Waals surface area (Å²) in [5.74, 6) is 0. The molecule has 2 fully saturated rings. The molecule has 0 amide bonds. The minimum atomic E-state index is 0.659. The molecule has 0 atom stereocenters. The van der Waals surface area contributed by atoms with E-state index in [2.05, 4.69) is 45.1 Å². The Labute approximate surface area is 112 Å². The molecule has 2 heteroatoms. The molecule has 1 spiro atoms. The zero-order valence-electron chi connectivity index (χ0n) is 10.3. The van der Waals surface area contributed by atoms with Crippen LogP contribution in [0.2, 0.25) is 0 Å². The van der Waals surface area contributed by atoms with Crippen molar-refractivity contribution < 1.29 is 0 Å². The highest BCUT2D eigenvalue weighted by Crippen LogP contribution is 2.45. The van der Waals surface area contributed by atoms with E-state index < -0.39 is 0 Å². The quantitative estimate of drug-likeness (QED) is 0.731. The molecule has 0 N–H and O–H groups in total. The van der Waals surface area contributed by atoms with Gasteiger partial charge in [0, 0.05) is 23.0 Å². The second-order valence-electron chi connectivity index (χ2n) is 5.72. The fourth-order valence-electron chi connectivity index (χ4n) is 3.44. The highest BCUT2D eigenvalue weighted by atomic mass is 79.9. The predicted octanol–water partition coefficient (Wildman–Crippen LogP) is 4.61. The van der Waals surface area contributed by atoms with Gasteiger partial charge in [0.25, 0.3) is 0 Å². The molecule has 17 heavy (non-hydrogen) atoms. The molecule has 2 aliphatic rings. The summed E-state index contributed by atoms with van der Waals surface area (Å²) in [5.41, 5.74) is 2.04. The maximum atomic E-state index is 3.66. The zero-order chi connectivity index (χ0) is 11.7. The van der Waals surface area contributed by atoms with Crippen LogP contribution in [0, 0.1) is 5.41 Å². The SMILES string of the molecule is Brc1ccccc1N1CC2(CCCCCC2)C1. The van der Waals surface area contributed by atoms with Crippen molar-refractivity contribution in [1.82, 2.24) is 0 Å². The molecular weight excluding hydrogens is 274 g/mol. The molecule has 1 heterocycles. The van der Waals surface area contributed by atoms with Crippen LogP contribution in [0.1, 0.15) is 38.5 Å². The normalized spacial score (nSPS) is 23.2. The minimum Gasteiger partial charge on any atom is -0.369 e. The lowest BCUT2D eigenvalue weighted by atomic mass is 9.73. The molecular formula is C15H20BrN. The molecule has 1 aliphatic heterocycles. The monoisotopic (exact) mass is 293 g/mol. The van der Waals surface area contributed by atoms with Crippen molar-refractivity contribution in [3.8, 4) is 0 Å². The molecule has 3 rings (SSSR count). The Kier molecular flexibility index (Phi) is 3.16. The molecule has 0 unspecified atom stereocenters. The van der Waals surface area contributed by atoms with Gasteiger partial charge in [0.05, 0.1) is 5.69 Å². The van der Waals surface area contributed by atoms with Gasteiger partial charge in [-0.2, -0.15) is 0 Å². The Morgan fingerprint density at radius 2 is 1.59 bits per heavy atom. The second-order valence-corrected chi connectivity index (χ2v) is 6.58. The number of para-hydroxylation sites is 1. The first-order valence-electron chi connectivity index (χ1n) is 6.79. The van der Waals surface area contributed by atoms with Gasteiger partial charge in [-0.1, -0.05) is 37.8 Å². The molecule has 1 saturated heterocycles. The number of hydrogen-bond donors (Lipinski definition) is 0. The van der Waals surface area contributed by atoms with Crippen LogP contribution in [-0.4, -0.2) is 13.1 Å². The van der Waals surface area contributed by atoms with E-state index in [1.54, 1.807) is 0 Å². The standard InChI is InChI=1S/C15H20BrN/c16-13-7-3-4-8-14(13)17-11-15(12-17)9-5-1-2-6-10-15/h3-4,7-8H,1-2,5-6,9-12H2. The van der Waals surface area contributed by atoms with E-state index in [4.69, 9.17) is 0 Å². The number of nitrogens with zero attached hydrogens (tertiary/aromatic N) is 1. The smallest absolute Gasteiger partial charge is 0.0511 e. The van der Waals surface area contributed by atoms with E-state index >= 15 is 0 Å². The maximum absolute atomic E-state index is 3.66. The van der Waals surface area contributed by atoms with Crippen LogP contribution in [0.3, 0.4) is 0 Å². The summed E-state index contributed by atoms with van der Waals surface area (Å²) in [5, 5.41) is 0. The van der Waals surface area contributed by atoms with E-state index in [9.17, 15) is 0 Å². The molecule has 1 aliphatic carbocycles. The van der Waals surface area contributed by atoms with Crippen LogP contribution in [-0.2, 0) is 0 Å². The first-order chi connectivity index (χ1) is 8.29. The van der Waals surface area contributed by atoms with Crippen molar-refractivity contribution in [2.75, 3.05) is 18.0 Å². The third kappa shape index (κ3) is 2.24. The van der Waals surface area contributed by atoms with Crippen molar-refractivity contribution in [3.05, 3.63) is 28.7 Å². The lowest BCUT2D eigenvalue weighted by Gasteiger charge is -2.52. The summed E-state index contributed by atoms with van der Waals surface area (Å²) in [6.45, 7) is 2.55. The Morgan fingerprint density at radius 1 is 0.941 bits per heavy atom. The van der Waals surface area contributed by atoms with Gasteiger partial charge >= 0.3 is 0 Å². The van der Waals surface area contributed by atoms with Crippen molar-refractivity contribution >= 4 is 21.6 Å². The van der Waals surface area contributed by atoms with Crippen LogP contribution >= 0.6 is 15.9 Å². The van der Waals surface area contributed by atoms with Crippen molar-refractivity contribution in [2.45, 2.75) is 38.5 Å². The van der Waals surface area contributed by atoms with Gasteiger partial charge in [0.15, 0.2) is 0 Å². The summed E-state index contributed by atoms with van der Waals surface area (Å²) in [7, 11) is 0. The topological polar surface area (TPSA) is 3.24 Å². The second kappa shape index (κ2) is 4.64. The Bertz CT molecular complexity index is 386. The molecule has 1 aromatic rings. The average molecular weight is 294 g/mol. The van der Waals surface area contributed by atoms with E-state index in [1.807, 2.05) is 0 Å². The predicted molar refractivity (Wildman–Crippen MR) is 76.5 cm³/mol. The fourth-order valence-corrected chi connectivity index (χ4v) is 3.97. The Hall–Kier alpha value is -0.500. The van der Waals surface area contributed by atoms with E-state index in [0.29, 0.717) is 5.41 Å². The van der Waals surface area contributed by atoms with Gasteiger partial charge in [-0.15, -0.1) is 0 Å². The Balaban J connectivity index is 1.69. The lowest BCUT2D eigenvalue weighted by molar-refractivity contribution is 0.180. The minimum absolute atomic E-state index is 0.659. The highest BCUT2D eigenvalue weighted by molar-refractivity contribution is 9.10. The zero-order valence-corrected chi connectivity index (χ0v) is 11.9. The van der Waals surface area contributed by atoms with Gasteiger partial charge in [-0.25, -0.2) is 0 Å². The summed E-state index contributed by atoms with van der Waals surface area (Å²) in [4.78, 5) is 2.54. The summed E-state index contributed by atoms with van der Waals surface area (Å²) < 4.78 is 1.24. The fraction of sp³-hybridized carbons (Fsp3) is 0.600. The van der Waals surface area contributed by atoms with Gasteiger partial charge < -0.3 is 4.90 Å². The van der Waals surface area contributed by atoms with E-state index in [-0.39, 0.29) is 0 Å². The summed E-state index contributed by atoms with van der Waals surface area (Å²) >= 11 is 3.66. The number of hydrogen-bond acceptors (Lipinski definition) is 1. The van der Waals surface area contributed by atoms with Crippen LogP contribution in [0.4, 0.5) is 5.69 Å². The first kappa shape index (κ1) is 11.6. The molecule has 0 bridgehead atoms. The molecule has 1 nitrogen and oxygen atoms in total. The van der Waals surface area contributed by atoms with Crippen LogP contribution in [0.5, 0.6) is 0 Å². The van der Waals surface area contributed by atoms with Crippen LogP contribution in [0.15, 0.2) is 28.7 Å². The van der Waals surface area contributed by atoms with Crippen molar-refractivity contribution in [2.24, 2.45) is 5.41 Å². The number of anilines is 1. The number of rotatable bonds is 1. The molecule has 0 radical (unpaired) electrons. The van der Waals surface area contributed by atoms with Gasteiger partial charge in [-0.3, -0.25) is 0 Å². The first-order valence-corrected chi connectivity index (χ1v) is 7.58. The summed E-state index contributed by atoms with van der Waals surface area (Å²) in [6.07, 6.45) is 8.71. The molecule has 1 aromatic carbocycles. The van der Waals surface area contributed by atoms with Crippen LogP contribution in [0.25, 0.3) is 0 Å². The third-order valence-corrected chi connectivity index (χ3v) is 5.08. The Morgan fingerprint density at radius 3 is 2.24 bits per heavy atom. The highest BCUT2D eigenvalue weighted by Gasteiger charge is 2.42. The lowest BCUT2D eigenvalue weighted by Crippen LogP contribution is -2.56. The average Bonchev–Trinajstić information content (AvgIpc) is 2.53. The molecule has 1 saturated carbocycles. The van der Waals surface area contributed by atoms with Crippen molar-refractivity contribution in [1.29, 1.82) is 0 Å². The molecule has 92 valence electrons. The third-order valence-electron chi connectivity index (χ3n) is 4.41. The van der Waals surface area contributed by atoms with Gasteiger partial charge in [0.2, 0.25) is 0 Å². The van der Waals surface area contributed by atoms with E-state index in [0.717, 1.165) is 0 Å². The van der Waals surface area contributed by atoms with E-state index in [1.165, 1.54) is 61.8 Å². The van der Waals surface area contributed by atoms with Crippen molar-refractivity contribution in [3.63, 3.8) is 0 Å². The largest absolute Gasteiger partial charge is 0.369 e.